The molecule has 6 heteroatoms. The van der Waals surface area contributed by atoms with Gasteiger partial charge in [0.05, 0.1) is 4.90 Å². The van der Waals surface area contributed by atoms with Crippen LogP contribution < -0.4 is 0 Å². The highest BCUT2D eigenvalue weighted by Gasteiger charge is 2.39. The van der Waals surface area contributed by atoms with Crippen molar-refractivity contribution in [2.75, 3.05) is 11.5 Å². The molecule has 4 nitrogen and oxygen atoms in total. The third-order valence-corrected chi connectivity index (χ3v) is 8.05. The molecule has 1 unspecified atom stereocenters. The second-order valence-corrected chi connectivity index (χ2v) is 9.96. The van der Waals surface area contributed by atoms with E-state index in [2.05, 4.69) is 0 Å². The lowest BCUT2D eigenvalue weighted by Crippen LogP contribution is -2.34. The summed E-state index contributed by atoms with van der Waals surface area (Å²) in [7, 11) is -3.76. The van der Waals surface area contributed by atoms with Gasteiger partial charge < -0.3 is 4.55 Å². The highest BCUT2D eigenvalue weighted by atomic mass is 32.2. The molecule has 1 aliphatic carbocycles. The third-order valence-electron chi connectivity index (χ3n) is 4.27. The fraction of sp³-hybridized carbons (Fsp3) is 0.588. The summed E-state index contributed by atoms with van der Waals surface area (Å²) in [5.74, 6) is 3.30. The highest BCUT2D eigenvalue weighted by Crippen LogP contribution is 2.27. The number of hydrogen-bond donors (Lipinski definition) is 0. The summed E-state index contributed by atoms with van der Waals surface area (Å²) in [5.41, 5.74) is 0.928. The van der Waals surface area contributed by atoms with Crippen molar-refractivity contribution < 1.29 is 17.8 Å². The van der Waals surface area contributed by atoms with Gasteiger partial charge in [-0.25, -0.2) is 8.42 Å². The van der Waals surface area contributed by atoms with Gasteiger partial charge in [0.1, 0.15) is 21.6 Å². The van der Waals surface area contributed by atoms with E-state index in [1.54, 1.807) is 12.1 Å². The average Bonchev–Trinajstić information content (AvgIpc) is 3.02. The Morgan fingerprint density at radius 2 is 1.65 bits per heavy atom. The van der Waals surface area contributed by atoms with Gasteiger partial charge in [0.2, 0.25) is 0 Å². The topological polar surface area (TPSA) is 74.3 Å². The van der Waals surface area contributed by atoms with Crippen LogP contribution in [0.25, 0.3) is 0 Å². The minimum atomic E-state index is -4.27. The number of carbonyl (C=O) groups is 1. The molecule has 0 amide bonds. The molecule has 0 spiro atoms. The normalized spacial score (nSPS) is 22.5. The number of Topliss-reactive ketones (excluding diaryl/α,β-unsaturated/α-hetero) is 1. The lowest BCUT2D eigenvalue weighted by Gasteiger charge is -2.18. The first kappa shape index (κ1) is 18.5. The molecule has 1 aromatic carbocycles. The first-order valence-corrected chi connectivity index (χ1v) is 11.1. The second-order valence-electron chi connectivity index (χ2n) is 6.12. The van der Waals surface area contributed by atoms with Gasteiger partial charge in [-0.15, -0.1) is 0 Å². The number of benzene rings is 1. The fourth-order valence-electron chi connectivity index (χ4n) is 2.97. The maximum atomic E-state index is 11.6. The molecular formula is C17H24O4S2. The van der Waals surface area contributed by atoms with Gasteiger partial charge in [-0.1, -0.05) is 17.7 Å². The minimum absolute atomic E-state index is 0.178. The molecule has 1 aliphatic heterocycles. The molecule has 1 saturated carbocycles. The van der Waals surface area contributed by atoms with Crippen molar-refractivity contribution in [2.24, 2.45) is 0 Å². The van der Waals surface area contributed by atoms with Gasteiger partial charge in [0.25, 0.3) is 0 Å². The standard InChI is InChI=1S/C10H17OS.C7H8O3S/c11-9-5-1-2-6-10(9)12-7-3-4-8-12;1-6-2-4-7(5-3-6)11(8,9)10/h10H,1-8H2;2-5H,1H3,(H,8,9,10)/q+1;/p-1. The van der Waals surface area contributed by atoms with Crippen molar-refractivity contribution in [1.29, 1.82) is 0 Å². The Kier molecular flexibility index (Phi) is 6.68. The summed E-state index contributed by atoms with van der Waals surface area (Å²) >= 11 is 0. The van der Waals surface area contributed by atoms with Crippen LogP contribution in [-0.4, -0.2) is 35.5 Å². The van der Waals surface area contributed by atoms with E-state index in [1.807, 2.05) is 6.92 Å². The summed E-state index contributed by atoms with van der Waals surface area (Å²) in [6, 6.07) is 5.78. The zero-order valence-corrected chi connectivity index (χ0v) is 15.1. The van der Waals surface area contributed by atoms with Gasteiger partial charge >= 0.3 is 0 Å². The second kappa shape index (κ2) is 8.31. The Hall–Kier alpha value is -0.850. The molecule has 0 bridgehead atoms. The highest BCUT2D eigenvalue weighted by molar-refractivity contribution is 7.98. The van der Waals surface area contributed by atoms with E-state index in [9.17, 15) is 17.8 Å². The van der Waals surface area contributed by atoms with Crippen molar-refractivity contribution in [3.8, 4) is 0 Å². The van der Waals surface area contributed by atoms with Crippen molar-refractivity contribution in [1.82, 2.24) is 0 Å². The SMILES string of the molecule is Cc1ccc(S(=O)(=O)[O-])cc1.O=C1CCCCC1[S+]1CCCC1. The monoisotopic (exact) mass is 356 g/mol. The molecule has 1 aromatic rings. The molecule has 23 heavy (non-hydrogen) atoms. The molecule has 2 fully saturated rings. The Morgan fingerprint density at radius 3 is 2.17 bits per heavy atom. The summed E-state index contributed by atoms with van der Waals surface area (Å²) in [6.07, 6.45) is 7.32. The van der Waals surface area contributed by atoms with Crippen molar-refractivity contribution in [3.63, 3.8) is 0 Å². The minimum Gasteiger partial charge on any atom is -0.744 e. The predicted molar refractivity (Wildman–Crippen MR) is 92.7 cm³/mol. The van der Waals surface area contributed by atoms with Crippen LogP contribution in [-0.2, 0) is 25.8 Å². The molecule has 1 saturated heterocycles. The maximum absolute atomic E-state index is 11.6. The third kappa shape index (κ3) is 5.62. The molecule has 1 atom stereocenters. The molecule has 0 radical (unpaired) electrons. The van der Waals surface area contributed by atoms with Crippen molar-refractivity contribution in [3.05, 3.63) is 29.8 Å². The van der Waals surface area contributed by atoms with Crippen LogP contribution in [0.1, 0.15) is 44.1 Å². The van der Waals surface area contributed by atoms with Crippen LogP contribution in [0.3, 0.4) is 0 Å². The number of carbonyl (C=O) groups excluding carboxylic acids is 1. The summed E-state index contributed by atoms with van der Waals surface area (Å²) < 4.78 is 31.2. The first-order valence-electron chi connectivity index (χ1n) is 8.09. The quantitative estimate of drug-likeness (QED) is 0.603. The van der Waals surface area contributed by atoms with Crippen molar-refractivity contribution >= 4 is 26.8 Å². The Labute approximate surface area is 141 Å². The number of rotatable bonds is 2. The average molecular weight is 357 g/mol. The molecule has 2 aliphatic rings. The fourth-order valence-corrected chi connectivity index (χ4v) is 6.35. The van der Waals surface area contributed by atoms with Crippen LogP contribution in [0, 0.1) is 6.92 Å². The van der Waals surface area contributed by atoms with Gasteiger partial charge in [-0.3, -0.25) is 4.79 Å². The van der Waals surface area contributed by atoms with E-state index < -0.39 is 10.1 Å². The number of ketones is 1. The van der Waals surface area contributed by atoms with Crippen LogP contribution >= 0.6 is 0 Å². The van der Waals surface area contributed by atoms with Crippen LogP contribution in [0.4, 0.5) is 0 Å². The Bertz CT molecular complexity index is 616. The van der Waals surface area contributed by atoms with Crippen LogP contribution in [0.15, 0.2) is 29.2 Å². The van der Waals surface area contributed by atoms with E-state index in [1.165, 1.54) is 49.3 Å². The van der Waals surface area contributed by atoms with Crippen LogP contribution in [0.5, 0.6) is 0 Å². The molecule has 1 heterocycles. The van der Waals surface area contributed by atoms with Gasteiger partial charge in [-0.2, -0.15) is 0 Å². The van der Waals surface area contributed by atoms with Gasteiger partial charge in [0.15, 0.2) is 11.0 Å². The van der Waals surface area contributed by atoms with Gasteiger partial charge in [0, 0.05) is 12.8 Å². The lowest BCUT2D eigenvalue weighted by atomic mass is 9.99. The van der Waals surface area contributed by atoms with E-state index in [0.717, 1.165) is 18.4 Å². The molecule has 0 aromatic heterocycles. The zero-order valence-electron chi connectivity index (χ0n) is 13.5. The molecule has 0 N–H and O–H groups in total. The first-order chi connectivity index (χ1) is 10.9. The summed E-state index contributed by atoms with van der Waals surface area (Å²) in [5, 5.41) is 0.501. The van der Waals surface area contributed by atoms with E-state index in [0.29, 0.717) is 21.9 Å². The maximum Gasteiger partial charge on any atom is 0.184 e. The lowest BCUT2D eigenvalue weighted by molar-refractivity contribution is -0.119. The largest absolute Gasteiger partial charge is 0.744 e. The van der Waals surface area contributed by atoms with E-state index in [-0.39, 0.29) is 4.90 Å². The van der Waals surface area contributed by atoms with Crippen molar-refractivity contribution in [2.45, 2.75) is 55.6 Å². The molecule has 128 valence electrons. The van der Waals surface area contributed by atoms with E-state index in [4.69, 9.17) is 0 Å². The molecule has 3 rings (SSSR count). The molecular weight excluding hydrogens is 332 g/mol. The van der Waals surface area contributed by atoms with Crippen LogP contribution in [0.2, 0.25) is 0 Å². The summed E-state index contributed by atoms with van der Waals surface area (Å²) in [6.45, 7) is 1.82. The Balaban J connectivity index is 0.000000168. The van der Waals surface area contributed by atoms with Gasteiger partial charge in [-0.05, 0) is 55.6 Å². The smallest absolute Gasteiger partial charge is 0.184 e. The van der Waals surface area contributed by atoms with E-state index >= 15 is 0 Å². The number of aryl methyl sites for hydroxylation is 1. The Morgan fingerprint density at radius 1 is 1.04 bits per heavy atom. The number of hydrogen-bond acceptors (Lipinski definition) is 4. The predicted octanol–water partition coefficient (Wildman–Crippen LogP) is 2.81. The summed E-state index contributed by atoms with van der Waals surface area (Å²) in [4.78, 5) is 11.4. The zero-order chi connectivity index (χ0) is 16.9.